The fraction of sp³-hybridized carbons (Fsp3) is 0. The van der Waals surface area contributed by atoms with E-state index < -0.39 is 0 Å². The van der Waals surface area contributed by atoms with Gasteiger partial charge in [-0.1, -0.05) is 97.1 Å². The van der Waals surface area contributed by atoms with Gasteiger partial charge >= 0.3 is 0 Å². The second-order valence-electron chi connectivity index (χ2n) is 12.7. The first kappa shape index (κ1) is 28.3. The molecule has 0 bridgehead atoms. The van der Waals surface area contributed by atoms with Crippen molar-refractivity contribution in [3.05, 3.63) is 176 Å². The second kappa shape index (κ2) is 11.4. The molecular formula is C46H30N4. The van der Waals surface area contributed by atoms with Crippen LogP contribution in [0, 0.1) is 0 Å². The van der Waals surface area contributed by atoms with Crippen LogP contribution >= 0.6 is 0 Å². The van der Waals surface area contributed by atoms with Crippen LogP contribution in [0.15, 0.2) is 170 Å². The van der Waals surface area contributed by atoms with Crippen LogP contribution in [0.3, 0.4) is 0 Å². The Labute approximate surface area is 288 Å². The molecule has 0 aliphatic carbocycles. The number of hydrogen-bond donors (Lipinski definition) is 0. The summed E-state index contributed by atoms with van der Waals surface area (Å²) in [6.45, 7) is 0. The molecule has 10 rings (SSSR count). The smallest absolute Gasteiger partial charge is 0.0894 e. The number of benzene rings is 7. The number of nitrogens with zero attached hydrogens (tertiary/aromatic N) is 4. The Morgan fingerprint density at radius 2 is 1.08 bits per heavy atom. The molecule has 234 valence electrons. The van der Waals surface area contributed by atoms with Gasteiger partial charge in [0.25, 0.3) is 0 Å². The van der Waals surface area contributed by atoms with Crippen LogP contribution in [0.2, 0.25) is 0 Å². The zero-order chi connectivity index (χ0) is 33.0. The fourth-order valence-corrected chi connectivity index (χ4v) is 7.41. The molecule has 7 aromatic carbocycles. The molecule has 0 saturated carbocycles. The van der Waals surface area contributed by atoms with Crippen molar-refractivity contribution >= 4 is 66.9 Å². The Morgan fingerprint density at radius 1 is 0.440 bits per heavy atom. The monoisotopic (exact) mass is 638 g/mol. The average molecular weight is 639 g/mol. The van der Waals surface area contributed by atoms with Crippen molar-refractivity contribution in [2.24, 2.45) is 0 Å². The maximum absolute atomic E-state index is 4.89. The highest BCUT2D eigenvalue weighted by atomic mass is 15.0. The topological polar surface area (TPSA) is 35.6 Å². The van der Waals surface area contributed by atoms with Crippen LogP contribution in [0.25, 0.3) is 95.0 Å². The molecule has 3 heterocycles. The van der Waals surface area contributed by atoms with E-state index in [2.05, 4.69) is 166 Å². The van der Waals surface area contributed by atoms with Gasteiger partial charge < -0.3 is 9.13 Å². The van der Waals surface area contributed by atoms with Crippen molar-refractivity contribution in [2.45, 2.75) is 0 Å². The third-order valence-corrected chi connectivity index (χ3v) is 9.78. The largest absolute Gasteiger partial charge is 0.316 e. The van der Waals surface area contributed by atoms with Crippen molar-refractivity contribution < 1.29 is 0 Å². The normalized spacial score (nSPS) is 11.9. The van der Waals surface area contributed by atoms with Crippen LogP contribution in [-0.4, -0.2) is 19.1 Å². The highest BCUT2D eigenvalue weighted by Crippen LogP contribution is 2.36. The molecule has 4 heteroatoms. The van der Waals surface area contributed by atoms with Crippen molar-refractivity contribution in [2.75, 3.05) is 0 Å². The van der Waals surface area contributed by atoms with E-state index in [1.807, 2.05) is 30.5 Å². The third-order valence-electron chi connectivity index (χ3n) is 9.78. The van der Waals surface area contributed by atoms with Crippen molar-refractivity contribution in [1.82, 2.24) is 19.1 Å². The molecule has 0 fully saturated rings. The maximum Gasteiger partial charge on any atom is 0.0894 e. The zero-order valence-electron chi connectivity index (χ0n) is 27.1. The van der Waals surface area contributed by atoms with Crippen molar-refractivity contribution in [3.8, 4) is 28.1 Å². The SMILES string of the molecule is C(=C/n1c2ccccc2c2cc(-c3cccc(-c4cnc5ccccc5n4)c3)ccc21)/c1ccc2c(c1)c1ccccc1n2-c1ccccc1. The molecule has 0 atom stereocenters. The van der Waals surface area contributed by atoms with E-state index in [0.717, 1.165) is 33.4 Å². The van der Waals surface area contributed by atoms with E-state index in [-0.39, 0.29) is 0 Å². The first-order chi connectivity index (χ1) is 24.8. The third kappa shape index (κ3) is 4.61. The zero-order valence-corrected chi connectivity index (χ0v) is 27.1. The average Bonchev–Trinajstić information content (AvgIpc) is 3.69. The Hall–Kier alpha value is -6.78. The molecule has 10 aromatic rings. The summed E-state index contributed by atoms with van der Waals surface area (Å²) < 4.78 is 4.67. The molecule has 0 N–H and O–H groups in total. The molecule has 50 heavy (non-hydrogen) atoms. The minimum Gasteiger partial charge on any atom is -0.316 e. The molecule has 3 aromatic heterocycles. The van der Waals surface area contributed by atoms with Gasteiger partial charge in [0.1, 0.15) is 0 Å². The summed E-state index contributed by atoms with van der Waals surface area (Å²) in [5.74, 6) is 0. The fourth-order valence-electron chi connectivity index (χ4n) is 7.41. The highest BCUT2D eigenvalue weighted by Gasteiger charge is 2.14. The Balaban J connectivity index is 1.05. The summed E-state index contributed by atoms with van der Waals surface area (Å²) in [6.07, 6.45) is 6.30. The molecule has 0 radical (unpaired) electrons. The van der Waals surface area contributed by atoms with E-state index in [1.54, 1.807) is 0 Å². The molecule has 0 unspecified atom stereocenters. The van der Waals surface area contributed by atoms with Crippen LogP contribution in [-0.2, 0) is 0 Å². The van der Waals surface area contributed by atoms with Crippen molar-refractivity contribution in [1.29, 1.82) is 0 Å². The van der Waals surface area contributed by atoms with E-state index in [9.17, 15) is 0 Å². The lowest BCUT2D eigenvalue weighted by atomic mass is 10.00. The number of aromatic nitrogens is 4. The van der Waals surface area contributed by atoms with Crippen LogP contribution in [0.5, 0.6) is 0 Å². The van der Waals surface area contributed by atoms with Crippen LogP contribution in [0.4, 0.5) is 0 Å². The lowest BCUT2D eigenvalue weighted by molar-refractivity contribution is 1.18. The van der Waals surface area contributed by atoms with Gasteiger partial charge in [0.2, 0.25) is 0 Å². The Kier molecular flexibility index (Phi) is 6.46. The van der Waals surface area contributed by atoms with E-state index in [1.165, 1.54) is 54.9 Å². The predicted molar refractivity (Wildman–Crippen MR) is 209 cm³/mol. The van der Waals surface area contributed by atoms with Gasteiger partial charge in [0.15, 0.2) is 0 Å². The van der Waals surface area contributed by atoms with E-state index in [0.29, 0.717) is 0 Å². The summed E-state index contributed by atoms with van der Waals surface area (Å²) in [7, 11) is 0. The van der Waals surface area contributed by atoms with Crippen LogP contribution < -0.4 is 0 Å². The number of fused-ring (bicyclic) bond motifs is 7. The van der Waals surface area contributed by atoms with Gasteiger partial charge in [0, 0.05) is 39.0 Å². The number of rotatable bonds is 5. The predicted octanol–water partition coefficient (Wildman–Crippen LogP) is 11.8. The Morgan fingerprint density at radius 3 is 1.96 bits per heavy atom. The van der Waals surface area contributed by atoms with E-state index >= 15 is 0 Å². The minimum absolute atomic E-state index is 0.871. The quantitative estimate of drug-likeness (QED) is 0.188. The molecule has 4 nitrogen and oxygen atoms in total. The maximum atomic E-state index is 4.89. The summed E-state index contributed by atoms with van der Waals surface area (Å²) >= 11 is 0. The van der Waals surface area contributed by atoms with Gasteiger partial charge in [0.05, 0.1) is 45.0 Å². The van der Waals surface area contributed by atoms with Gasteiger partial charge in [-0.15, -0.1) is 0 Å². The lowest BCUT2D eigenvalue weighted by Gasteiger charge is -2.08. The summed E-state index contributed by atoms with van der Waals surface area (Å²) in [5, 5.41) is 4.95. The highest BCUT2D eigenvalue weighted by molar-refractivity contribution is 6.12. The first-order valence-electron chi connectivity index (χ1n) is 16.9. The molecule has 0 aliphatic rings. The summed E-state index contributed by atoms with van der Waals surface area (Å²) in [5.41, 5.74) is 13.1. The lowest BCUT2D eigenvalue weighted by Crippen LogP contribution is -1.92. The summed E-state index contributed by atoms with van der Waals surface area (Å²) in [4.78, 5) is 9.54. The van der Waals surface area contributed by atoms with Gasteiger partial charge in [-0.05, 0) is 89.5 Å². The van der Waals surface area contributed by atoms with Gasteiger partial charge in [-0.25, -0.2) is 4.98 Å². The molecule has 0 spiro atoms. The Bertz CT molecular complexity index is 2930. The second-order valence-corrected chi connectivity index (χ2v) is 12.7. The molecule has 0 amide bonds. The van der Waals surface area contributed by atoms with E-state index in [4.69, 9.17) is 4.98 Å². The minimum atomic E-state index is 0.871. The standard InChI is InChI=1S/C46H30N4/c1-2-13-35(14-3-1)50-45-20-9-5-16-37(45)38-27-31(21-23-46(38)50)25-26-49-43-19-8-4-15-36(43)39-29-33(22-24-44(39)49)32-11-10-12-34(28-32)42-30-47-40-17-6-7-18-41(40)48-42/h1-30H/b26-25-. The molecule has 0 saturated heterocycles. The number of hydrogen-bond acceptors (Lipinski definition) is 2. The number of para-hydroxylation sites is 5. The van der Waals surface area contributed by atoms with Crippen molar-refractivity contribution in [3.63, 3.8) is 0 Å². The summed E-state index contributed by atoms with van der Waals surface area (Å²) in [6, 6.07) is 58.1. The molecule has 0 aliphatic heterocycles. The first-order valence-corrected chi connectivity index (χ1v) is 16.9. The van der Waals surface area contributed by atoms with Crippen LogP contribution in [0.1, 0.15) is 5.56 Å². The van der Waals surface area contributed by atoms with Gasteiger partial charge in [-0.2, -0.15) is 0 Å². The molecular weight excluding hydrogens is 609 g/mol. The van der Waals surface area contributed by atoms with Gasteiger partial charge in [-0.3, -0.25) is 4.98 Å².